The van der Waals surface area contributed by atoms with Gasteiger partial charge in [0.1, 0.15) is 5.69 Å². The predicted molar refractivity (Wildman–Crippen MR) is 74.0 cm³/mol. The van der Waals surface area contributed by atoms with E-state index in [-0.39, 0.29) is 5.56 Å². The molecule has 0 saturated heterocycles. The summed E-state index contributed by atoms with van der Waals surface area (Å²) in [5.74, 6) is 0.449. The summed E-state index contributed by atoms with van der Waals surface area (Å²) in [6.45, 7) is 0. The molecule has 1 aromatic carbocycles. The number of fused-ring (bicyclic) bond motifs is 1. The number of aromatic nitrogens is 4. The molecule has 0 aliphatic rings. The van der Waals surface area contributed by atoms with Crippen LogP contribution in [0.3, 0.4) is 0 Å². The molecule has 94 valence electrons. The normalized spacial score (nSPS) is 10.7. The van der Waals surface area contributed by atoms with Crippen molar-refractivity contribution < 1.29 is 0 Å². The first-order valence-electron chi connectivity index (χ1n) is 5.71. The maximum Gasteiger partial charge on any atom is 0.271 e. The molecule has 19 heavy (non-hydrogen) atoms. The molecule has 5 nitrogen and oxygen atoms in total. The molecule has 0 amide bonds. The van der Waals surface area contributed by atoms with Crippen LogP contribution in [0.5, 0.6) is 0 Å². The lowest BCUT2D eigenvalue weighted by molar-refractivity contribution is 0.963. The quantitative estimate of drug-likeness (QED) is 0.582. The molecule has 6 heteroatoms. The molecule has 0 fully saturated rings. The fourth-order valence-electron chi connectivity index (χ4n) is 1.66. The first-order chi connectivity index (χ1) is 9.33. The molecule has 0 saturated carbocycles. The van der Waals surface area contributed by atoms with Crippen molar-refractivity contribution in [2.75, 3.05) is 0 Å². The van der Waals surface area contributed by atoms with Crippen LogP contribution in [0.15, 0.2) is 52.7 Å². The van der Waals surface area contributed by atoms with E-state index in [0.29, 0.717) is 16.6 Å². The van der Waals surface area contributed by atoms with Crippen molar-refractivity contribution in [2.45, 2.75) is 10.9 Å². The van der Waals surface area contributed by atoms with Gasteiger partial charge < -0.3 is 4.98 Å². The summed E-state index contributed by atoms with van der Waals surface area (Å²) >= 11 is 1.39. The molecule has 3 aromatic rings. The largest absolute Gasteiger partial charge is 0.319 e. The summed E-state index contributed by atoms with van der Waals surface area (Å²) in [7, 11) is 0. The molecule has 0 aliphatic heterocycles. The maximum atomic E-state index is 11.9. The van der Waals surface area contributed by atoms with Crippen LogP contribution in [-0.4, -0.2) is 19.9 Å². The SMILES string of the molecule is O=c1[nH]c2ccccc2nc1CSc1ncccn1. The maximum absolute atomic E-state index is 11.9. The van der Waals surface area contributed by atoms with E-state index in [2.05, 4.69) is 19.9 Å². The van der Waals surface area contributed by atoms with Crippen molar-refractivity contribution in [3.8, 4) is 0 Å². The highest BCUT2D eigenvalue weighted by Crippen LogP contribution is 2.16. The first kappa shape index (κ1) is 11.9. The second kappa shape index (κ2) is 5.19. The number of benzene rings is 1. The molecule has 1 N–H and O–H groups in total. The predicted octanol–water partition coefficient (Wildman–Crippen LogP) is 2.01. The number of rotatable bonds is 3. The van der Waals surface area contributed by atoms with Gasteiger partial charge in [-0.05, 0) is 18.2 Å². The fourth-order valence-corrected chi connectivity index (χ4v) is 2.39. The van der Waals surface area contributed by atoms with Crippen LogP contribution in [0.4, 0.5) is 0 Å². The number of thioether (sulfide) groups is 1. The molecule has 0 unspecified atom stereocenters. The Morgan fingerprint density at radius 2 is 1.89 bits per heavy atom. The van der Waals surface area contributed by atoms with E-state index in [9.17, 15) is 4.79 Å². The summed E-state index contributed by atoms with van der Waals surface area (Å²) in [6, 6.07) is 9.22. The molecule has 0 atom stereocenters. The third-order valence-corrected chi connectivity index (χ3v) is 3.44. The Balaban J connectivity index is 1.89. The number of nitrogens with one attached hydrogen (secondary N) is 1. The zero-order valence-electron chi connectivity index (χ0n) is 9.91. The number of hydrogen-bond donors (Lipinski definition) is 1. The highest BCUT2D eigenvalue weighted by Gasteiger charge is 2.06. The van der Waals surface area contributed by atoms with Crippen molar-refractivity contribution in [1.82, 2.24) is 19.9 Å². The third kappa shape index (κ3) is 2.63. The first-order valence-corrected chi connectivity index (χ1v) is 6.69. The molecule has 2 heterocycles. The van der Waals surface area contributed by atoms with Crippen LogP contribution >= 0.6 is 11.8 Å². The van der Waals surface area contributed by atoms with Gasteiger partial charge in [-0.2, -0.15) is 0 Å². The second-order valence-electron chi connectivity index (χ2n) is 3.85. The van der Waals surface area contributed by atoms with Crippen molar-refractivity contribution in [1.29, 1.82) is 0 Å². The number of nitrogens with zero attached hydrogens (tertiary/aromatic N) is 3. The molecule has 0 aliphatic carbocycles. The van der Waals surface area contributed by atoms with Crippen molar-refractivity contribution in [3.63, 3.8) is 0 Å². The van der Waals surface area contributed by atoms with E-state index in [1.165, 1.54) is 11.8 Å². The van der Waals surface area contributed by atoms with E-state index in [1.54, 1.807) is 18.5 Å². The van der Waals surface area contributed by atoms with E-state index < -0.39 is 0 Å². The highest BCUT2D eigenvalue weighted by molar-refractivity contribution is 7.98. The zero-order chi connectivity index (χ0) is 13.1. The Morgan fingerprint density at radius 1 is 1.11 bits per heavy atom. The summed E-state index contributed by atoms with van der Waals surface area (Å²) in [4.78, 5) is 27.3. The molecule has 3 rings (SSSR count). The minimum absolute atomic E-state index is 0.165. The van der Waals surface area contributed by atoms with Gasteiger partial charge in [0.25, 0.3) is 5.56 Å². The minimum Gasteiger partial charge on any atom is -0.319 e. The number of H-pyrrole nitrogens is 1. The minimum atomic E-state index is -0.165. The van der Waals surface area contributed by atoms with Crippen LogP contribution in [-0.2, 0) is 5.75 Å². The smallest absolute Gasteiger partial charge is 0.271 e. The van der Waals surface area contributed by atoms with Crippen LogP contribution in [0.1, 0.15) is 5.69 Å². The zero-order valence-corrected chi connectivity index (χ0v) is 10.7. The average molecular weight is 270 g/mol. The molecule has 0 bridgehead atoms. The van der Waals surface area contributed by atoms with Crippen LogP contribution < -0.4 is 5.56 Å². The van der Waals surface area contributed by atoms with Gasteiger partial charge in [0.2, 0.25) is 0 Å². The Hall–Kier alpha value is -2.21. The van der Waals surface area contributed by atoms with Gasteiger partial charge in [-0.1, -0.05) is 23.9 Å². The van der Waals surface area contributed by atoms with E-state index in [4.69, 9.17) is 0 Å². The molecule has 0 radical (unpaired) electrons. The van der Waals surface area contributed by atoms with Gasteiger partial charge >= 0.3 is 0 Å². The van der Waals surface area contributed by atoms with E-state index >= 15 is 0 Å². The monoisotopic (exact) mass is 270 g/mol. The lowest BCUT2D eigenvalue weighted by atomic mass is 10.3. The Kier molecular flexibility index (Phi) is 3.24. The molecular weight excluding hydrogens is 260 g/mol. The van der Waals surface area contributed by atoms with E-state index in [1.807, 2.05) is 24.3 Å². The summed E-state index contributed by atoms with van der Waals surface area (Å²) in [5, 5.41) is 0.636. The average Bonchev–Trinajstić information content (AvgIpc) is 2.46. The number of hydrogen-bond acceptors (Lipinski definition) is 5. The third-order valence-electron chi connectivity index (χ3n) is 2.55. The lowest BCUT2D eigenvalue weighted by Crippen LogP contribution is -2.14. The summed E-state index contributed by atoms with van der Waals surface area (Å²) in [5.41, 5.74) is 1.85. The molecule has 2 aromatic heterocycles. The van der Waals surface area contributed by atoms with Gasteiger partial charge in [0.05, 0.1) is 11.0 Å². The van der Waals surface area contributed by atoms with Gasteiger partial charge in [-0.15, -0.1) is 0 Å². The van der Waals surface area contributed by atoms with Crippen LogP contribution in [0.2, 0.25) is 0 Å². The van der Waals surface area contributed by atoms with E-state index in [0.717, 1.165) is 11.0 Å². The standard InChI is InChI=1S/C13H10N4OS/c18-12-11(8-19-13-14-6-3-7-15-13)16-9-4-1-2-5-10(9)17-12/h1-7H,8H2,(H,17,18). The van der Waals surface area contributed by atoms with Crippen LogP contribution in [0, 0.1) is 0 Å². The number of para-hydroxylation sites is 2. The van der Waals surface area contributed by atoms with Crippen molar-refractivity contribution >= 4 is 22.8 Å². The highest BCUT2D eigenvalue weighted by atomic mass is 32.2. The van der Waals surface area contributed by atoms with Gasteiger partial charge in [0, 0.05) is 18.1 Å². The Labute approximate surface area is 113 Å². The second-order valence-corrected chi connectivity index (χ2v) is 4.79. The molecule has 0 spiro atoms. The summed E-state index contributed by atoms with van der Waals surface area (Å²) < 4.78 is 0. The fraction of sp³-hybridized carbons (Fsp3) is 0.0769. The Morgan fingerprint density at radius 3 is 2.74 bits per heavy atom. The summed E-state index contributed by atoms with van der Waals surface area (Å²) in [6.07, 6.45) is 3.35. The van der Waals surface area contributed by atoms with Crippen molar-refractivity contribution in [3.05, 3.63) is 58.8 Å². The number of aromatic amines is 1. The molecular formula is C13H10N4OS. The van der Waals surface area contributed by atoms with Crippen LogP contribution in [0.25, 0.3) is 11.0 Å². The topological polar surface area (TPSA) is 71.5 Å². The van der Waals surface area contributed by atoms with Crippen molar-refractivity contribution in [2.24, 2.45) is 0 Å². The Bertz CT molecular complexity index is 757. The van der Waals surface area contributed by atoms with Gasteiger partial charge in [-0.3, -0.25) is 4.79 Å². The van der Waals surface area contributed by atoms with Gasteiger partial charge in [-0.25, -0.2) is 15.0 Å². The lowest BCUT2D eigenvalue weighted by Gasteiger charge is -2.01. The van der Waals surface area contributed by atoms with Gasteiger partial charge in [0.15, 0.2) is 5.16 Å².